The van der Waals surface area contributed by atoms with Gasteiger partial charge in [0.15, 0.2) is 6.61 Å². The van der Waals surface area contributed by atoms with Crippen LogP contribution in [0.4, 0.5) is 0 Å². The van der Waals surface area contributed by atoms with Gasteiger partial charge in [0.1, 0.15) is 17.1 Å². The van der Waals surface area contributed by atoms with E-state index >= 15 is 0 Å². The second-order valence-electron chi connectivity index (χ2n) is 6.11. The predicted octanol–water partition coefficient (Wildman–Crippen LogP) is 2.27. The lowest BCUT2D eigenvalue weighted by molar-refractivity contribution is -0.142. The van der Waals surface area contributed by atoms with Crippen LogP contribution in [0.5, 0.6) is 5.75 Å². The van der Waals surface area contributed by atoms with Gasteiger partial charge in [0.25, 0.3) is 5.91 Å². The summed E-state index contributed by atoms with van der Waals surface area (Å²) in [6.45, 7) is 3.60. The Balaban J connectivity index is 1.64. The van der Waals surface area contributed by atoms with Crippen LogP contribution in [0.1, 0.15) is 27.3 Å². The number of pyridine rings is 1. The van der Waals surface area contributed by atoms with Gasteiger partial charge in [-0.15, -0.1) is 0 Å². The Morgan fingerprint density at radius 2 is 1.96 bits per heavy atom. The van der Waals surface area contributed by atoms with E-state index in [1.807, 2.05) is 25.3 Å². The molecule has 28 heavy (non-hydrogen) atoms. The molecule has 3 aromatic rings. The second kappa shape index (κ2) is 8.34. The van der Waals surface area contributed by atoms with Crippen molar-refractivity contribution in [1.82, 2.24) is 14.8 Å². The van der Waals surface area contributed by atoms with Crippen LogP contribution >= 0.6 is 0 Å². The number of hydrazone groups is 1. The van der Waals surface area contributed by atoms with Crippen molar-refractivity contribution >= 4 is 23.7 Å². The highest BCUT2D eigenvalue weighted by Crippen LogP contribution is 2.14. The molecule has 0 atom stereocenters. The minimum atomic E-state index is -0.453. The number of fused-ring (bicyclic) bond motifs is 1. The van der Waals surface area contributed by atoms with Gasteiger partial charge in [-0.1, -0.05) is 0 Å². The number of nitrogens with zero attached hydrogens (tertiary/aromatic N) is 3. The quantitative estimate of drug-likeness (QED) is 0.402. The van der Waals surface area contributed by atoms with E-state index in [9.17, 15) is 9.59 Å². The first-order valence-corrected chi connectivity index (χ1v) is 8.56. The van der Waals surface area contributed by atoms with E-state index < -0.39 is 5.97 Å². The summed E-state index contributed by atoms with van der Waals surface area (Å²) in [7, 11) is 1.30. The summed E-state index contributed by atoms with van der Waals surface area (Å²) in [4.78, 5) is 28.0. The lowest BCUT2D eigenvalue weighted by atomic mass is 10.2. The first-order chi connectivity index (χ1) is 13.5. The number of rotatable bonds is 6. The summed E-state index contributed by atoms with van der Waals surface area (Å²) in [5, 5.41) is 4.00. The van der Waals surface area contributed by atoms with Crippen molar-refractivity contribution in [2.24, 2.45) is 5.10 Å². The number of amides is 1. The maximum absolute atomic E-state index is 12.5. The molecule has 2 heterocycles. The van der Waals surface area contributed by atoms with Gasteiger partial charge in [0.05, 0.1) is 19.0 Å². The van der Waals surface area contributed by atoms with Crippen molar-refractivity contribution < 1.29 is 19.1 Å². The third kappa shape index (κ3) is 4.35. The lowest BCUT2D eigenvalue weighted by Gasteiger charge is -2.04. The number of aryl methyl sites for hydroxylation is 2. The number of carbonyl (C=O) groups excluding carboxylic acids is 2. The van der Waals surface area contributed by atoms with E-state index in [0.717, 1.165) is 11.1 Å². The first-order valence-electron chi connectivity index (χ1n) is 8.56. The molecule has 144 valence electrons. The topological polar surface area (TPSA) is 94.3 Å². The molecule has 3 rings (SSSR count). The summed E-state index contributed by atoms with van der Waals surface area (Å²) in [6, 6.07) is 10.7. The molecular weight excluding hydrogens is 360 g/mol. The highest BCUT2D eigenvalue weighted by atomic mass is 16.6. The molecule has 1 aromatic carbocycles. The Labute approximate surface area is 161 Å². The molecule has 0 bridgehead atoms. The molecule has 0 spiro atoms. The number of benzene rings is 1. The standard InChI is InChI=1S/C20H20N4O4/c1-13-8-9-24-17(10-13)22-14(2)19(24)20(26)23-21-11-15-4-6-16(7-5-15)28-12-18(25)27-3/h4-11H,12H2,1-3H3,(H,23,26)/b21-11-. The molecule has 0 aliphatic rings. The molecule has 0 aliphatic heterocycles. The monoisotopic (exact) mass is 380 g/mol. The maximum atomic E-state index is 12.5. The number of esters is 1. The van der Waals surface area contributed by atoms with Crippen LogP contribution in [0.15, 0.2) is 47.7 Å². The summed E-state index contributed by atoms with van der Waals surface area (Å²) in [5.74, 6) is -0.266. The Kier molecular flexibility index (Phi) is 5.69. The van der Waals surface area contributed by atoms with E-state index in [-0.39, 0.29) is 12.5 Å². The average molecular weight is 380 g/mol. The molecule has 2 aromatic heterocycles. The molecule has 0 fully saturated rings. The maximum Gasteiger partial charge on any atom is 0.343 e. The highest BCUT2D eigenvalue weighted by molar-refractivity contribution is 5.95. The Morgan fingerprint density at radius 3 is 2.68 bits per heavy atom. The number of carbonyl (C=O) groups is 2. The Morgan fingerprint density at radius 1 is 1.21 bits per heavy atom. The zero-order valence-electron chi connectivity index (χ0n) is 15.8. The van der Waals surface area contributed by atoms with E-state index in [4.69, 9.17) is 4.74 Å². The minimum Gasteiger partial charge on any atom is -0.482 e. The van der Waals surface area contributed by atoms with Gasteiger partial charge in [-0.2, -0.15) is 5.10 Å². The predicted molar refractivity (Wildman–Crippen MR) is 104 cm³/mol. The van der Waals surface area contributed by atoms with Crippen molar-refractivity contribution in [3.63, 3.8) is 0 Å². The van der Waals surface area contributed by atoms with Crippen LogP contribution < -0.4 is 10.2 Å². The minimum absolute atomic E-state index is 0.155. The molecule has 1 amide bonds. The van der Waals surface area contributed by atoms with E-state index in [1.54, 1.807) is 35.6 Å². The zero-order valence-corrected chi connectivity index (χ0v) is 15.8. The van der Waals surface area contributed by atoms with Gasteiger partial charge >= 0.3 is 5.97 Å². The summed E-state index contributed by atoms with van der Waals surface area (Å²) >= 11 is 0. The van der Waals surface area contributed by atoms with Crippen LogP contribution in [-0.4, -0.2) is 41.2 Å². The molecule has 8 nitrogen and oxygen atoms in total. The van der Waals surface area contributed by atoms with Crippen LogP contribution in [0.25, 0.3) is 5.65 Å². The van der Waals surface area contributed by atoms with Crippen molar-refractivity contribution in [3.8, 4) is 5.75 Å². The van der Waals surface area contributed by atoms with Crippen molar-refractivity contribution in [2.45, 2.75) is 13.8 Å². The van der Waals surface area contributed by atoms with E-state index in [0.29, 0.717) is 22.8 Å². The number of methoxy groups -OCH3 is 1. The Hall–Kier alpha value is -3.68. The molecule has 0 saturated heterocycles. The summed E-state index contributed by atoms with van der Waals surface area (Å²) < 4.78 is 11.5. The Bertz CT molecular complexity index is 1040. The molecule has 0 radical (unpaired) electrons. The fourth-order valence-corrected chi connectivity index (χ4v) is 2.61. The molecule has 8 heteroatoms. The van der Waals surface area contributed by atoms with Gasteiger partial charge in [-0.05, 0) is 61.4 Å². The SMILES string of the molecule is COC(=O)COc1ccc(/C=N\NC(=O)c2c(C)nc3cc(C)ccn23)cc1. The molecule has 0 saturated carbocycles. The van der Waals surface area contributed by atoms with Crippen LogP contribution in [0.3, 0.4) is 0 Å². The second-order valence-corrected chi connectivity index (χ2v) is 6.11. The number of hydrogen-bond acceptors (Lipinski definition) is 6. The first kappa shape index (κ1) is 19.1. The third-order valence-corrected chi connectivity index (χ3v) is 4.02. The molecule has 1 N–H and O–H groups in total. The fraction of sp³-hybridized carbons (Fsp3) is 0.200. The molecular formula is C20H20N4O4. The summed E-state index contributed by atoms with van der Waals surface area (Å²) in [6.07, 6.45) is 3.33. The van der Waals surface area contributed by atoms with Crippen molar-refractivity contribution in [3.05, 3.63) is 65.1 Å². The number of ether oxygens (including phenoxy) is 2. The van der Waals surface area contributed by atoms with Gasteiger partial charge in [-0.3, -0.25) is 9.20 Å². The van der Waals surface area contributed by atoms with Crippen LogP contribution in [0.2, 0.25) is 0 Å². The van der Waals surface area contributed by atoms with Gasteiger partial charge in [0.2, 0.25) is 0 Å². The largest absolute Gasteiger partial charge is 0.482 e. The van der Waals surface area contributed by atoms with Gasteiger partial charge < -0.3 is 9.47 Å². The van der Waals surface area contributed by atoms with Gasteiger partial charge in [-0.25, -0.2) is 15.2 Å². The molecule has 0 unspecified atom stereocenters. The van der Waals surface area contributed by atoms with Gasteiger partial charge in [0, 0.05) is 6.20 Å². The molecule has 0 aliphatic carbocycles. The number of hydrogen-bond donors (Lipinski definition) is 1. The third-order valence-electron chi connectivity index (χ3n) is 4.02. The zero-order chi connectivity index (χ0) is 20.1. The smallest absolute Gasteiger partial charge is 0.343 e. The summed E-state index contributed by atoms with van der Waals surface area (Å²) in [5.41, 5.74) is 6.14. The average Bonchev–Trinajstić information content (AvgIpc) is 3.01. The van der Waals surface area contributed by atoms with E-state index in [1.165, 1.54) is 13.3 Å². The van der Waals surface area contributed by atoms with Crippen LogP contribution in [-0.2, 0) is 9.53 Å². The van der Waals surface area contributed by atoms with Crippen molar-refractivity contribution in [2.75, 3.05) is 13.7 Å². The van der Waals surface area contributed by atoms with Crippen molar-refractivity contribution in [1.29, 1.82) is 0 Å². The van der Waals surface area contributed by atoms with Crippen LogP contribution in [0, 0.1) is 13.8 Å². The fourth-order valence-electron chi connectivity index (χ4n) is 2.61. The highest BCUT2D eigenvalue weighted by Gasteiger charge is 2.15. The van der Waals surface area contributed by atoms with E-state index in [2.05, 4.69) is 20.2 Å². The number of aromatic nitrogens is 2. The normalized spacial score (nSPS) is 11.0. The lowest BCUT2D eigenvalue weighted by Crippen LogP contribution is -2.20. The number of imidazole rings is 1. The number of nitrogens with one attached hydrogen (secondary N) is 1.